The molecule has 0 saturated carbocycles. The van der Waals surface area contributed by atoms with E-state index in [9.17, 15) is 49.4 Å². The van der Waals surface area contributed by atoms with Gasteiger partial charge in [-0.2, -0.15) is 9.81 Å². The van der Waals surface area contributed by atoms with Crippen molar-refractivity contribution < 1.29 is 63.7 Å². The van der Waals surface area contributed by atoms with Crippen LogP contribution in [0.2, 0.25) is 0 Å². The van der Waals surface area contributed by atoms with Crippen molar-refractivity contribution in [3.05, 3.63) is 85.7 Å². The zero-order valence-corrected chi connectivity index (χ0v) is 38.3. The van der Waals surface area contributed by atoms with E-state index in [0.29, 0.717) is 100 Å². The minimum atomic E-state index is -0.831. The van der Waals surface area contributed by atoms with Gasteiger partial charge in [-0.1, -0.05) is 29.4 Å². The van der Waals surface area contributed by atoms with Gasteiger partial charge in [-0.25, -0.2) is 14.4 Å². The molecule has 18 heteroatoms. The number of carbonyl (C=O) groups is 4. The van der Waals surface area contributed by atoms with E-state index in [1.165, 1.54) is 17.8 Å². The molecule has 2 aromatic carbocycles. The number of unbranched alkanes of at least 4 members (excludes halogenated alkanes) is 4. The van der Waals surface area contributed by atoms with E-state index in [1.54, 1.807) is 31.2 Å². The normalized spacial score (nSPS) is 16.6. The predicted octanol–water partition coefficient (Wildman–Crippen LogP) is 6.77. The summed E-state index contributed by atoms with van der Waals surface area (Å²) in [5.74, 6) is -2.45. The highest BCUT2D eigenvalue weighted by molar-refractivity contribution is 8.08. The molecule has 0 saturated heterocycles. The summed E-state index contributed by atoms with van der Waals surface area (Å²) in [7, 11) is 0. The lowest BCUT2D eigenvalue weighted by Crippen LogP contribution is -2.16. The Morgan fingerprint density at radius 2 is 1.14 bits per heavy atom. The summed E-state index contributed by atoms with van der Waals surface area (Å²) >= 11 is 1.46. The lowest BCUT2D eigenvalue weighted by Gasteiger charge is -2.30. The molecule has 1 aliphatic heterocycles. The van der Waals surface area contributed by atoms with Crippen molar-refractivity contribution in [1.29, 1.82) is 0 Å². The van der Waals surface area contributed by atoms with Gasteiger partial charge in [-0.15, -0.1) is 11.8 Å². The molecule has 0 amide bonds. The molecule has 360 valence electrons. The number of hydrogen-bond donors (Lipinski definition) is 5. The zero-order valence-electron chi connectivity index (χ0n) is 37.5. The second-order valence-corrected chi connectivity index (χ2v) is 17.6. The monoisotopic (exact) mass is 930 g/mol. The fourth-order valence-corrected chi connectivity index (χ4v) is 8.32. The van der Waals surface area contributed by atoms with Gasteiger partial charge in [0.05, 0.1) is 81.6 Å². The van der Waals surface area contributed by atoms with Crippen molar-refractivity contribution in [2.24, 2.45) is 16.3 Å². The van der Waals surface area contributed by atoms with Crippen molar-refractivity contribution in [3.63, 3.8) is 0 Å². The van der Waals surface area contributed by atoms with Gasteiger partial charge in [-0.3, -0.25) is 4.79 Å². The maximum absolute atomic E-state index is 13.5. The number of rotatable bonds is 32. The van der Waals surface area contributed by atoms with E-state index in [0.717, 1.165) is 4.91 Å². The Morgan fingerprint density at radius 3 is 1.63 bits per heavy atom. The molecule has 0 bridgehead atoms. The van der Waals surface area contributed by atoms with Crippen LogP contribution in [-0.4, -0.2) is 120 Å². The topological polar surface area (TPSA) is 265 Å². The van der Waals surface area contributed by atoms with Crippen LogP contribution in [0.25, 0.3) is 4.91 Å². The zero-order chi connectivity index (χ0) is 47.6. The van der Waals surface area contributed by atoms with Gasteiger partial charge in [0.1, 0.15) is 12.1 Å². The fourth-order valence-electron chi connectivity index (χ4n) is 6.99. The maximum atomic E-state index is 13.5. The molecular weight excluding hydrogens is 865 g/mol. The van der Waals surface area contributed by atoms with Gasteiger partial charge >= 0.3 is 23.9 Å². The van der Waals surface area contributed by atoms with E-state index >= 15 is 0 Å². The quantitative estimate of drug-likeness (QED) is 0.0219. The van der Waals surface area contributed by atoms with Gasteiger partial charge in [-0.05, 0) is 143 Å². The largest absolute Gasteiger partial charge is 0.465 e. The van der Waals surface area contributed by atoms with E-state index < -0.39 is 48.2 Å². The first-order chi connectivity index (χ1) is 31.3. The number of benzene rings is 2. The molecule has 2 aromatic rings. The molecule has 1 heterocycles. The average Bonchev–Trinajstić information content (AvgIpc) is 3.30. The summed E-state index contributed by atoms with van der Waals surface area (Å²) in [4.78, 5) is 75.9. The molecule has 65 heavy (non-hydrogen) atoms. The second kappa shape index (κ2) is 30.6. The van der Waals surface area contributed by atoms with Gasteiger partial charge in [0.25, 0.3) is 0 Å². The molecule has 0 spiro atoms. The van der Waals surface area contributed by atoms with E-state index in [2.05, 4.69) is 10.4 Å². The average molecular weight is 931 g/mol. The van der Waals surface area contributed by atoms with Gasteiger partial charge in [0.15, 0.2) is 0 Å². The van der Waals surface area contributed by atoms with Crippen LogP contribution in [0.1, 0.15) is 150 Å². The Labute approximate surface area is 384 Å². The summed E-state index contributed by atoms with van der Waals surface area (Å²) in [6.45, 7) is 2.95. The second-order valence-electron chi connectivity index (χ2n) is 16.4. The highest BCUT2D eigenvalue weighted by atomic mass is 32.2. The van der Waals surface area contributed by atoms with Crippen LogP contribution in [0.15, 0.2) is 52.8 Å². The number of nitroso groups, excluding NO2 is 2. The number of aliphatic hydroxyl groups excluding tert-OH is 5. The summed E-state index contributed by atoms with van der Waals surface area (Å²) in [5.41, 5.74) is 2.27. The Balaban J connectivity index is 1.89. The molecule has 0 aromatic heterocycles. The Kier molecular flexibility index (Phi) is 25.8. The third kappa shape index (κ3) is 20.2. The smallest absolute Gasteiger partial charge is 0.338 e. The minimum Gasteiger partial charge on any atom is -0.465 e. The van der Waals surface area contributed by atoms with Gasteiger partial charge in [0.2, 0.25) is 0 Å². The molecule has 0 aliphatic carbocycles. The van der Waals surface area contributed by atoms with Crippen LogP contribution in [0.3, 0.4) is 0 Å². The number of hydrogen-bond acceptors (Lipinski definition) is 18. The summed E-state index contributed by atoms with van der Waals surface area (Å²) in [5, 5.41) is 52.1. The Bertz CT molecular complexity index is 1800. The van der Waals surface area contributed by atoms with Crippen molar-refractivity contribution in [3.8, 4) is 0 Å². The van der Waals surface area contributed by atoms with Crippen LogP contribution in [0.5, 0.6) is 0 Å². The lowest BCUT2D eigenvalue weighted by atomic mass is 9.93. The first-order valence-electron chi connectivity index (χ1n) is 22.5. The molecule has 6 unspecified atom stereocenters. The lowest BCUT2D eigenvalue weighted by molar-refractivity contribution is -0.143. The van der Waals surface area contributed by atoms with Crippen molar-refractivity contribution in [2.75, 3.05) is 46.2 Å². The number of ether oxygens (including phenoxy) is 4. The fraction of sp³-hybridized carbons (Fsp3) is 0.617. The van der Waals surface area contributed by atoms with Crippen LogP contribution < -0.4 is 0 Å². The number of carbonyl (C=O) groups excluding carboxylic acids is 4. The highest BCUT2D eigenvalue weighted by Gasteiger charge is 2.29. The minimum absolute atomic E-state index is 0.00147. The SMILES string of the molecule is CC(O)CCCCOC(=O)c1cc(CC(=O)OCCCCC(O)CO)cc(C2=CCC(C)C(c3cc(C(=O)OCCCCC(CO)N=O)cc(C(=O)OCCCCC(CO)N=O)c3)S2)c1. The Morgan fingerprint density at radius 1 is 0.646 bits per heavy atom. The van der Waals surface area contributed by atoms with Gasteiger partial charge < -0.3 is 44.5 Å². The van der Waals surface area contributed by atoms with E-state index in [-0.39, 0.29) is 80.5 Å². The molecule has 5 N–H and O–H groups in total. The first kappa shape index (κ1) is 54.7. The third-order valence-corrected chi connectivity index (χ3v) is 12.4. The summed E-state index contributed by atoms with van der Waals surface area (Å²) in [6, 6.07) is 8.38. The Hall–Kier alpha value is -4.59. The highest BCUT2D eigenvalue weighted by Crippen LogP contribution is 2.50. The molecular formula is C47H66N2O15S. The number of thioether (sulfide) groups is 1. The number of esters is 4. The number of aliphatic hydroxyl groups is 5. The number of allylic oxidation sites excluding steroid dienone is 1. The summed E-state index contributed by atoms with van der Waals surface area (Å²) in [6.07, 6.45) is 6.87. The van der Waals surface area contributed by atoms with Crippen molar-refractivity contribution >= 4 is 40.5 Å². The first-order valence-corrected chi connectivity index (χ1v) is 23.4. The molecule has 0 fully saturated rings. The summed E-state index contributed by atoms with van der Waals surface area (Å²) < 4.78 is 22.2. The molecule has 17 nitrogen and oxygen atoms in total. The van der Waals surface area contributed by atoms with Crippen LogP contribution in [0, 0.1) is 15.7 Å². The van der Waals surface area contributed by atoms with E-state index in [4.69, 9.17) is 24.1 Å². The van der Waals surface area contributed by atoms with Crippen molar-refractivity contribution in [1.82, 2.24) is 0 Å². The molecule has 1 aliphatic rings. The van der Waals surface area contributed by atoms with Crippen LogP contribution >= 0.6 is 11.8 Å². The van der Waals surface area contributed by atoms with Gasteiger partial charge in [0, 0.05) is 10.2 Å². The van der Waals surface area contributed by atoms with E-state index in [1.807, 2.05) is 19.1 Å². The standard InChI is InChI=1S/C47H66N2O15S/c1-31-15-16-42(34-21-33(23-43(55)61-17-10-6-14-41(54)30-52)22-36(24-34)45(56)62-18-7-3-11-32(2)53)65-44(31)35-25-37(46(57)63-19-8-4-12-39(28-50)48-59)27-38(26-35)47(58)64-20-9-5-13-40(29-51)49-60/h16,21-22,24-27,31-32,39-41,44,50-54H,3-15,17-20,23,28-30H2,1-2H3. The molecule has 0 radical (unpaired) electrons. The third-order valence-electron chi connectivity index (χ3n) is 10.8. The van der Waals surface area contributed by atoms with Crippen LogP contribution in [-0.2, 0) is 30.2 Å². The van der Waals surface area contributed by atoms with Crippen LogP contribution in [0.4, 0.5) is 0 Å². The molecule has 6 atom stereocenters. The number of nitrogens with zero attached hydrogens (tertiary/aromatic N) is 2. The van der Waals surface area contributed by atoms with Crippen molar-refractivity contribution in [2.45, 2.75) is 133 Å². The predicted molar refractivity (Wildman–Crippen MR) is 244 cm³/mol. The molecule has 3 rings (SSSR count). The maximum Gasteiger partial charge on any atom is 0.338 e.